The summed E-state index contributed by atoms with van der Waals surface area (Å²) in [7, 11) is 0. The van der Waals surface area contributed by atoms with E-state index < -0.39 is 11.9 Å². The molecule has 0 saturated carbocycles. The van der Waals surface area contributed by atoms with E-state index >= 15 is 0 Å². The van der Waals surface area contributed by atoms with Crippen LogP contribution in [0.1, 0.15) is 0 Å². The van der Waals surface area contributed by atoms with Gasteiger partial charge in [0.05, 0.1) is 6.21 Å². The van der Waals surface area contributed by atoms with Crippen LogP contribution in [0.25, 0.3) is 0 Å². The number of hydrogen-bond donors (Lipinski definition) is 3. The number of carboxylic acids is 1. The summed E-state index contributed by atoms with van der Waals surface area (Å²) >= 11 is 0. The van der Waals surface area contributed by atoms with Crippen molar-refractivity contribution in [2.24, 2.45) is 5.10 Å². The van der Waals surface area contributed by atoms with E-state index in [1.807, 2.05) is 0 Å². The van der Waals surface area contributed by atoms with Crippen molar-refractivity contribution in [3.05, 3.63) is 12.0 Å². The highest BCUT2D eigenvalue weighted by Gasteiger charge is 2.06. The molecule has 0 unspecified atom stereocenters. The maximum Gasteiger partial charge on any atom is 0.319 e. The van der Waals surface area contributed by atoms with Crippen molar-refractivity contribution in [1.82, 2.24) is 16.1 Å². The standard InChI is InChI=1S/C5H7FN4O2/c6-4-1-2-7-10(9-4)8-3-5(11)12/h1-2,8-9H,3H2,(H,11,12). The highest BCUT2D eigenvalue weighted by molar-refractivity contribution is 5.72. The number of carbonyl (C=O) groups is 1. The molecule has 0 radical (unpaired) electrons. The molecule has 0 saturated heterocycles. The molecule has 6 nitrogen and oxygen atoms in total. The predicted molar refractivity (Wildman–Crippen MR) is 38.3 cm³/mol. The van der Waals surface area contributed by atoms with Crippen LogP contribution in [0.5, 0.6) is 0 Å². The van der Waals surface area contributed by atoms with Gasteiger partial charge in [-0.2, -0.15) is 9.82 Å². The summed E-state index contributed by atoms with van der Waals surface area (Å²) in [5.74, 6) is -1.66. The number of nitrogens with zero attached hydrogens (tertiary/aromatic N) is 2. The van der Waals surface area contributed by atoms with Crippen LogP contribution in [-0.4, -0.2) is 29.1 Å². The zero-order chi connectivity index (χ0) is 8.97. The molecule has 0 aromatic heterocycles. The van der Waals surface area contributed by atoms with Gasteiger partial charge >= 0.3 is 5.97 Å². The van der Waals surface area contributed by atoms with Crippen LogP contribution >= 0.6 is 0 Å². The fourth-order valence-electron chi connectivity index (χ4n) is 0.556. The molecule has 1 heterocycles. The first-order valence-corrected chi connectivity index (χ1v) is 3.10. The zero-order valence-electron chi connectivity index (χ0n) is 5.99. The topological polar surface area (TPSA) is 77.0 Å². The van der Waals surface area contributed by atoms with E-state index in [2.05, 4.69) is 16.0 Å². The van der Waals surface area contributed by atoms with Crippen LogP contribution in [0, 0.1) is 0 Å². The first-order chi connectivity index (χ1) is 5.68. The van der Waals surface area contributed by atoms with Gasteiger partial charge in [-0.3, -0.25) is 4.79 Å². The van der Waals surface area contributed by atoms with Crippen LogP contribution in [0.15, 0.2) is 17.1 Å². The third-order valence-corrected chi connectivity index (χ3v) is 0.996. The predicted octanol–water partition coefficient (Wildman–Crippen LogP) is -0.808. The van der Waals surface area contributed by atoms with Crippen molar-refractivity contribution in [2.75, 3.05) is 6.54 Å². The molecule has 1 aliphatic rings. The number of nitrogens with one attached hydrogen (secondary N) is 2. The first kappa shape index (κ1) is 8.47. The Bertz CT molecular complexity index is 240. The van der Waals surface area contributed by atoms with Gasteiger partial charge in [-0.15, -0.1) is 10.3 Å². The molecule has 0 bridgehead atoms. The monoisotopic (exact) mass is 174 g/mol. The van der Waals surface area contributed by atoms with Crippen molar-refractivity contribution in [3.63, 3.8) is 0 Å². The van der Waals surface area contributed by atoms with E-state index in [0.29, 0.717) is 0 Å². The lowest BCUT2D eigenvalue weighted by Gasteiger charge is -2.20. The Morgan fingerprint density at radius 1 is 1.92 bits per heavy atom. The van der Waals surface area contributed by atoms with Gasteiger partial charge in [-0.25, -0.2) is 5.43 Å². The van der Waals surface area contributed by atoms with E-state index in [9.17, 15) is 9.18 Å². The number of carboxylic acid groups (broad SMARTS) is 1. The molecule has 0 aromatic rings. The number of hydrazone groups is 1. The second-order valence-corrected chi connectivity index (χ2v) is 1.93. The van der Waals surface area contributed by atoms with Gasteiger partial charge in [0.2, 0.25) is 5.95 Å². The van der Waals surface area contributed by atoms with Gasteiger partial charge in [0.15, 0.2) is 0 Å². The van der Waals surface area contributed by atoms with E-state index in [4.69, 9.17) is 5.11 Å². The summed E-state index contributed by atoms with van der Waals surface area (Å²) in [6, 6.07) is 0. The first-order valence-electron chi connectivity index (χ1n) is 3.10. The van der Waals surface area contributed by atoms with Gasteiger partial charge < -0.3 is 5.11 Å². The molecule has 0 spiro atoms. The van der Waals surface area contributed by atoms with Crippen molar-refractivity contribution in [1.29, 1.82) is 0 Å². The summed E-state index contributed by atoms with van der Waals surface area (Å²) in [6.45, 7) is -0.336. The Balaban J connectivity index is 2.32. The van der Waals surface area contributed by atoms with Gasteiger partial charge in [0, 0.05) is 6.08 Å². The highest BCUT2D eigenvalue weighted by atomic mass is 19.1. The normalized spacial score (nSPS) is 15.4. The van der Waals surface area contributed by atoms with Crippen molar-refractivity contribution in [2.45, 2.75) is 0 Å². The number of hydrogen-bond acceptors (Lipinski definition) is 5. The molecule has 0 amide bonds. The minimum Gasteiger partial charge on any atom is -0.480 e. The van der Waals surface area contributed by atoms with E-state index in [1.165, 1.54) is 6.21 Å². The van der Waals surface area contributed by atoms with Crippen LogP contribution in [0.4, 0.5) is 4.39 Å². The Morgan fingerprint density at radius 3 is 3.25 bits per heavy atom. The number of rotatable bonds is 3. The number of halogens is 1. The molecule has 3 N–H and O–H groups in total. The number of hydrazine groups is 2. The average molecular weight is 174 g/mol. The second-order valence-electron chi connectivity index (χ2n) is 1.93. The van der Waals surface area contributed by atoms with Crippen LogP contribution in [0.2, 0.25) is 0 Å². The summed E-state index contributed by atoms with van der Waals surface area (Å²) in [6.07, 6.45) is 2.31. The number of aliphatic carboxylic acids is 1. The summed E-state index contributed by atoms with van der Waals surface area (Å²) in [4.78, 5) is 10.0. The van der Waals surface area contributed by atoms with Crippen molar-refractivity contribution < 1.29 is 14.3 Å². The van der Waals surface area contributed by atoms with Crippen molar-refractivity contribution >= 4 is 12.2 Å². The highest BCUT2D eigenvalue weighted by Crippen LogP contribution is 1.95. The molecule has 0 aliphatic carbocycles. The lowest BCUT2D eigenvalue weighted by molar-refractivity contribution is -0.137. The maximum atomic E-state index is 12.4. The van der Waals surface area contributed by atoms with Crippen LogP contribution < -0.4 is 10.9 Å². The molecule has 12 heavy (non-hydrogen) atoms. The Labute approximate surface area is 67.3 Å². The smallest absolute Gasteiger partial charge is 0.319 e. The third kappa shape index (κ3) is 2.54. The second kappa shape index (κ2) is 3.67. The maximum absolute atomic E-state index is 12.4. The average Bonchev–Trinajstić information content (AvgIpc) is 2.01. The molecule has 1 rings (SSSR count). The fourth-order valence-corrected chi connectivity index (χ4v) is 0.556. The largest absolute Gasteiger partial charge is 0.480 e. The molecule has 0 atom stereocenters. The van der Waals surface area contributed by atoms with Gasteiger partial charge in [-0.05, 0) is 0 Å². The van der Waals surface area contributed by atoms with E-state index in [0.717, 1.165) is 11.3 Å². The van der Waals surface area contributed by atoms with Crippen molar-refractivity contribution in [3.8, 4) is 0 Å². The zero-order valence-corrected chi connectivity index (χ0v) is 5.99. The Morgan fingerprint density at radius 2 is 2.67 bits per heavy atom. The lowest BCUT2D eigenvalue weighted by atomic mass is 10.6. The van der Waals surface area contributed by atoms with E-state index in [1.54, 1.807) is 0 Å². The molecule has 1 aliphatic heterocycles. The Hall–Kier alpha value is -1.63. The fraction of sp³-hybridized carbons (Fsp3) is 0.200. The van der Waals surface area contributed by atoms with Gasteiger partial charge in [0.1, 0.15) is 6.54 Å². The molecule has 66 valence electrons. The SMILES string of the molecule is O=C(O)CNN1N=CC=C(F)N1. The molecule has 0 fully saturated rings. The minimum atomic E-state index is -1.05. The number of allylic oxidation sites excluding steroid dienone is 1. The molecular weight excluding hydrogens is 167 g/mol. The lowest BCUT2D eigenvalue weighted by Crippen LogP contribution is -2.46. The van der Waals surface area contributed by atoms with Crippen LogP contribution in [-0.2, 0) is 4.79 Å². The Kier molecular flexibility index (Phi) is 2.59. The third-order valence-electron chi connectivity index (χ3n) is 0.996. The molecular formula is C5H7FN4O2. The molecule has 0 aromatic carbocycles. The van der Waals surface area contributed by atoms with Gasteiger partial charge in [-0.1, -0.05) is 0 Å². The van der Waals surface area contributed by atoms with Crippen LogP contribution in [0.3, 0.4) is 0 Å². The summed E-state index contributed by atoms with van der Waals surface area (Å²) in [5.41, 5.74) is 4.42. The quantitative estimate of drug-likeness (QED) is 0.488. The molecule has 7 heteroatoms. The summed E-state index contributed by atoms with van der Waals surface area (Å²) in [5, 5.41) is 12.7. The van der Waals surface area contributed by atoms with E-state index in [-0.39, 0.29) is 6.54 Å². The summed E-state index contributed by atoms with van der Waals surface area (Å²) < 4.78 is 12.4. The van der Waals surface area contributed by atoms with Gasteiger partial charge in [0.25, 0.3) is 0 Å². The minimum absolute atomic E-state index is 0.336.